The van der Waals surface area contributed by atoms with Gasteiger partial charge in [-0.15, -0.1) is 0 Å². The maximum atomic E-state index is 11.9. The number of rotatable bonds is 6. The molecular formula is C16H25N3O4. The molecule has 1 saturated carbocycles. The lowest BCUT2D eigenvalue weighted by Gasteiger charge is -2.31. The monoisotopic (exact) mass is 323 g/mol. The minimum Gasteiger partial charge on any atom is -0.463 e. The summed E-state index contributed by atoms with van der Waals surface area (Å²) in [7, 11) is 0. The average molecular weight is 323 g/mol. The number of aliphatic imine (C=N–C) groups is 1. The third-order valence-electron chi connectivity index (χ3n) is 4.02. The predicted molar refractivity (Wildman–Crippen MR) is 85.4 cm³/mol. The van der Waals surface area contributed by atoms with Gasteiger partial charge in [0, 0.05) is 6.20 Å². The number of ether oxygens (including phenoxy) is 2. The van der Waals surface area contributed by atoms with Gasteiger partial charge in [0.05, 0.1) is 12.0 Å². The van der Waals surface area contributed by atoms with Crippen LogP contribution in [0.1, 0.15) is 39.5 Å². The second kappa shape index (κ2) is 8.12. The zero-order valence-electron chi connectivity index (χ0n) is 13.7. The molecule has 2 unspecified atom stereocenters. The summed E-state index contributed by atoms with van der Waals surface area (Å²) in [5.74, 6) is 0.711. The number of hydrogen-bond donors (Lipinski definition) is 2. The van der Waals surface area contributed by atoms with Gasteiger partial charge >= 0.3 is 5.97 Å². The molecule has 2 aliphatic rings. The molecule has 23 heavy (non-hydrogen) atoms. The minimum atomic E-state index is -0.317. The molecule has 0 aromatic heterocycles. The minimum absolute atomic E-state index is 0.0585. The quantitative estimate of drug-likeness (QED) is 0.575. The van der Waals surface area contributed by atoms with E-state index >= 15 is 0 Å². The van der Waals surface area contributed by atoms with Crippen LogP contribution in [-0.2, 0) is 14.3 Å². The van der Waals surface area contributed by atoms with Gasteiger partial charge < -0.3 is 14.4 Å². The molecule has 0 radical (unpaired) electrons. The van der Waals surface area contributed by atoms with Crippen LogP contribution in [0.4, 0.5) is 0 Å². The van der Waals surface area contributed by atoms with Crippen LogP contribution < -0.4 is 5.48 Å². The molecule has 128 valence electrons. The van der Waals surface area contributed by atoms with E-state index in [0.29, 0.717) is 11.7 Å². The van der Waals surface area contributed by atoms with Gasteiger partial charge in [0.1, 0.15) is 18.7 Å². The van der Waals surface area contributed by atoms with Crippen molar-refractivity contribution >= 4 is 11.8 Å². The summed E-state index contributed by atoms with van der Waals surface area (Å²) < 4.78 is 11.2. The number of amidine groups is 1. The van der Waals surface area contributed by atoms with Crippen molar-refractivity contribution in [3.05, 3.63) is 24.7 Å². The van der Waals surface area contributed by atoms with Gasteiger partial charge in [-0.1, -0.05) is 19.4 Å². The van der Waals surface area contributed by atoms with Gasteiger partial charge in [0.15, 0.2) is 5.84 Å². The molecule has 2 N–H and O–H groups in total. The van der Waals surface area contributed by atoms with E-state index in [4.69, 9.17) is 14.7 Å². The van der Waals surface area contributed by atoms with Gasteiger partial charge in [-0.05, 0) is 32.8 Å². The lowest BCUT2D eigenvalue weighted by molar-refractivity contribution is -0.155. The molecule has 1 fully saturated rings. The van der Waals surface area contributed by atoms with Crippen molar-refractivity contribution in [2.75, 3.05) is 6.61 Å². The molecule has 0 spiro atoms. The van der Waals surface area contributed by atoms with Gasteiger partial charge in [0.2, 0.25) is 0 Å². The number of esters is 1. The molecule has 1 aliphatic heterocycles. The first kappa shape index (κ1) is 17.5. The summed E-state index contributed by atoms with van der Waals surface area (Å²) in [5, 5.41) is 8.82. The Labute approximate surface area is 136 Å². The highest BCUT2D eigenvalue weighted by molar-refractivity contribution is 5.93. The van der Waals surface area contributed by atoms with E-state index in [1.165, 1.54) is 0 Å². The smallest absolute Gasteiger partial charge is 0.309 e. The van der Waals surface area contributed by atoms with Crippen molar-refractivity contribution in [1.82, 2.24) is 10.4 Å². The van der Waals surface area contributed by atoms with Crippen LogP contribution in [0.3, 0.4) is 0 Å². The summed E-state index contributed by atoms with van der Waals surface area (Å²) in [6.45, 7) is 7.77. The van der Waals surface area contributed by atoms with Crippen LogP contribution in [0.5, 0.6) is 0 Å². The van der Waals surface area contributed by atoms with Gasteiger partial charge in [-0.2, -0.15) is 0 Å². The normalized spacial score (nSPS) is 21.1. The molecule has 1 heterocycles. The van der Waals surface area contributed by atoms with Crippen LogP contribution in [0.2, 0.25) is 0 Å². The van der Waals surface area contributed by atoms with Crippen LogP contribution in [0, 0.1) is 5.92 Å². The van der Waals surface area contributed by atoms with Gasteiger partial charge in [-0.25, -0.2) is 4.99 Å². The second-order valence-corrected chi connectivity index (χ2v) is 5.91. The van der Waals surface area contributed by atoms with E-state index in [1.807, 2.05) is 19.3 Å². The molecule has 1 aliphatic carbocycles. The van der Waals surface area contributed by atoms with Crippen molar-refractivity contribution in [2.24, 2.45) is 10.9 Å². The van der Waals surface area contributed by atoms with E-state index in [0.717, 1.165) is 25.7 Å². The summed E-state index contributed by atoms with van der Waals surface area (Å²) in [5.41, 5.74) is 1.97. The fraction of sp³-hybridized carbons (Fsp3) is 0.625. The van der Waals surface area contributed by atoms with Crippen LogP contribution in [0.15, 0.2) is 29.7 Å². The Balaban J connectivity index is 1.75. The number of hydrogen-bond acceptors (Lipinski definition) is 7. The predicted octanol–water partition coefficient (Wildman–Crippen LogP) is 2.15. The maximum absolute atomic E-state index is 11.9. The third-order valence-corrected chi connectivity index (χ3v) is 4.02. The zero-order valence-corrected chi connectivity index (χ0v) is 13.7. The molecule has 0 aromatic rings. The van der Waals surface area contributed by atoms with Crippen LogP contribution in [0.25, 0.3) is 0 Å². The second-order valence-electron chi connectivity index (χ2n) is 5.91. The number of nitrogens with zero attached hydrogens (tertiary/aromatic N) is 2. The number of nitrogens with one attached hydrogen (secondary N) is 1. The highest BCUT2D eigenvalue weighted by Gasteiger charge is 2.25. The summed E-state index contributed by atoms with van der Waals surface area (Å²) >= 11 is 0. The largest absolute Gasteiger partial charge is 0.463 e. The first-order valence-corrected chi connectivity index (χ1v) is 7.97. The Hall–Kier alpha value is -1.86. The lowest BCUT2D eigenvalue weighted by atomic mass is 10.1. The van der Waals surface area contributed by atoms with Crippen molar-refractivity contribution in [3.8, 4) is 0 Å². The van der Waals surface area contributed by atoms with Gasteiger partial charge in [-0.3, -0.25) is 15.5 Å². The maximum Gasteiger partial charge on any atom is 0.309 e. The summed E-state index contributed by atoms with van der Waals surface area (Å²) in [6.07, 6.45) is 6.86. The molecule has 0 aromatic carbocycles. The van der Waals surface area contributed by atoms with E-state index in [1.54, 1.807) is 17.2 Å². The topological polar surface area (TPSA) is 83.4 Å². The fourth-order valence-corrected chi connectivity index (χ4v) is 2.78. The zero-order chi connectivity index (χ0) is 16.8. The number of hydroxylamine groups is 1. The lowest BCUT2D eigenvalue weighted by Crippen LogP contribution is -2.36. The Morgan fingerprint density at radius 1 is 1.52 bits per heavy atom. The molecule has 0 saturated heterocycles. The Kier molecular flexibility index (Phi) is 6.18. The van der Waals surface area contributed by atoms with E-state index in [-0.39, 0.29) is 30.8 Å². The highest BCUT2D eigenvalue weighted by Crippen LogP contribution is 2.25. The molecule has 7 heteroatoms. The third kappa shape index (κ3) is 4.80. The molecule has 7 nitrogen and oxygen atoms in total. The fourth-order valence-electron chi connectivity index (χ4n) is 2.78. The molecule has 2 rings (SSSR count). The Morgan fingerprint density at radius 3 is 2.83 bits per heavy atom. The van der Waals surface area contributed by atoms with E-state index in [2.05, 4.69) is 11.6 Å². The highest BCUT2D eigenvalue weighted by atomic mass is 16.6. The molecule has 2 atom stereocenters. The molecular weight excluding hydrogens is 298 g/mol. The van der Waals surface area contributed by atoms with Crippen LogP contribution in [-0.4, -0.2) is 40.9 Å². The van der Waals surface area contributed by atoms with Crippen molar-refractivity contribution in [3.63, 3.8) is 0 Å². The molecule has 0 amide bonds. The number of carbonyl (C=O) groups is 1. The van der Waals surface area contributed by atoms with Crippen LogP contribution >= 0.6 is 0 Å². The van der Waals surface area contributed by atoms with Crippen molar-refractivity contribution in [1.29, 1.82) is 0 Å². The standard InChI is InChI=1S/C16H25N3O4/c1-11(10-22-16(20)14-6-4-5-7-14)23-13(3)19-9-8-15(18-21)17-12(19)2/h8-9,11,13-14,21H,2,4-7,10H2,1,3H3,(H,17,18). The molecule has 0 bridgehead atoms. The van der Waals surface area contributed by atoms with Crippen molar-refractivity contribution in [2.45, 2.75) is 51.9 Å². The Morgan fingerprint density at radius 2 is 2.22 bits per heavy atom. The first-order valence-electron chi connectivity index (χ1n) is 7.97. The Bertz CT molecular complexity index is 498. The summed E-state index contributed by atoms with van der Waals surface area (Å²) in [6, 6.07) is 0. The van der Waals surface area contributed by atoms with E-state index in [9.17, 15) is 4.79 Å². The summed E-state index contributed by atoms with van der Waals surface area (Å²) in [4.78, 5) is 17.7. The van der Waals surface area contributed by atoms with Gasteiger partial charge in [0.25, 0.3) is 0 Å². The van der Waals surface area contributed by atoms with Crippen molar-refractivity contribution < 1.29 is 19.5 Å². The number of carbonyl (C=O) groups excluding carboxylic acids is 1. The average Bonchev–Trinajstić information content (AvgIpc) is 3.06. The first-order chi connectivity index (χ1) is 11.0. The SMILES string of the molecule is C=C1N=C(NO)C=CN1C(C)OC(C)COC(=O)C1CCCC1. The van der Waals surface area contributed by atoms with E-state index < -0.39 is 0 Å².